The lowest BCUT2D eigenvalue weighted by atomic mass is 10.0. The van der Waals surface area contributed by atoms with E-state index in [-0.39, 0.29) is 13.2 Å². The Hall–Kier alpha value is -2.46. The standard InChI is InChI=1S/C29H50N5O5/c1-31-21-23-32(24-22-31)28-19-18-27(26-30-28)29(35)33(36)20-16-14-12-10-8-6-4-2-3-5-7-9-11-13-15-17-25-39-34(37)38/h18-19,26H,2-17,20-25H2,1H3/q-1. The average Bonchev–Trinajstić information content (AvgIpc) is 2.94. The Morgan fingerprint density at radius 2 is 1.33 bits per heavy atom. The highest BCUT2D eigenvalue weighted by Crippen LogP contribution is 2.16. The Balaban J connectivity index is 1.37. The Labute approximate surface area is 234 Å². The zero-order chi connectivity index (χ0) is 28.1. The highest BCUT2D eigenvalue weighted by atomic mass is 16.9. The van der Waals surface area contributed by atoms with Gasteiger partial charge >= 0.3 is 0 Å². The second-order valence-electron chi connectivity index (χ2n) is 10.8. The molecule has 0 atom stereocenters. The fourth-order valence-electron chi connectivity index (χ4n) is 4.95. The van der Waals surface area contributed by atoms with Gasteiger partial charge in [-0.3, -0.25) is 4.79 Å². The number of aromatic nitrogens is 1. The zero-order valence-corrected chi connectivity index (χ0v) is 24.1. The predicted molar refractivity (Wildman–Crippen MR) is 155 cm³/mol. The van der Waals surface area contributed by atoms with Crippen LogP contribution in [0.3, 0.4) is 0 Å². The molecular formula is C29H50N5O5-. The summed E-state index contributed by atoms with van der Waals surface area (Å²) in [5.41, 5.74) is 0.362. The largest absolute Gasteiger partial charge is 0.756 e. The molecule has 0 radical (unpaired) electrons. The molecule has 0 saturated carbocycles. The van der Waals surface area contributed by atoms with Gasteiger partial charge in [0.15, 0.2) is 0 Å². The second-order valence-corrected chi connectivity index (χ2v) is 10.8. The van der Waals surface area contributed by atoms with Gasteiger partial charge in [-0.05, 0) is 32.0 Å². The van der Waals surface area contributed by atoms with Gasteiger partial charge in [0.05, 0.1) is 12.2 Å². The van der Waals surface area contributed by atoms with Crippen molar-refractivity contribution in [3.05, 3.63) is 39.2 Å². The predicted octanol–water partition coefficient (Wildman–Crippen LogP) is 6.22. The van der Waals surface area contributed by atoms with Crippen LogP contribution in [0.5, 0.6) is 0 Å². The van der Waals surface area contributed by atoms with Gasteiger partial charge in [0.2, 0.25) is 5.91 Å². The summed E-state index contributed by atoms with van der Waals surface area (Å²) in [4.78, 5) is 35.7. The lowest BCUT2D eigenvalue weighted by Crippen LogP contribution is -2.44. The molecule has 1 aliphatic heterocycles. The van der Waals surface area contributed by atoms with Crippen molar-refractivity contribution in [2.45, 2.75) is 103 Å². The maximum atomic E-state index is 12.4. The van der Waals surface area contributed by atoms with Crippen LogP contribution in [0.25, 0.3) is 0 Å². The van der Waals surface area contributed by atoms with E-state index in [1.54, 1.807) is 6.07 Å². The molecule has 2 heterocycles. The molecule has 0 bridgehead atoms. The third-order valence-corrected chi connectivity index (χ3v) is 7.50. The van der Waals surface area contributed by atoms with Crippen LogP contribution in [-0.4, -0.2) is 72.3 Å². The number of nitrogens with zero attached hydrogens (tertiary/aromatic N) is 5. The van der Waals surface area contributed by atoms with Crippen LogP contribution in [0.15, 0.2) is 18.3 Å². The van der Waals surface area contributed by atoms with Crippen molar-refractivity contribution in [1.82, 2.24) is 14.9 Å². The lowest BCUT2D eigenvalue weighted by Gasteiger charge is -2.33. The summed E-state index contributed by atoms with van der Waals surface area (Å²) in [6.07, 6.45) is 19.9. The molecule has 1 aliphatic rings. The molecule has 1 saturated heterocycles. The van der Waals surface area contributed by atoms with Gasteiger partial charge in [0.25, 0.3) is 5.09 Å². The van der Waals surface area contributed by atoms with Gasteiger partial charge in [-0.15, -0.1) is 10.1 Å². The molecule has 222 valence electrons. The summed E-state index contributed by atoms with van der Waals surface area (Å²) < 4.78 is 0. The van der Waals surface area contributed by atoms with Gasteiger partial charge in [-0.1, -0.05) is 89.9 Å². The molecule has 1 amide bonds. The van der Waals surface area contributed by atoms with Crippen molar-refractivity contribution < 1.29 is 14.7 Å². The molecule has 0 aromatic carbocycles. The topological polar surface area (TPSA) is 115 Å². The first-order valence-electron chi connectivity index (χ1n) is 15.1. The number of anilines is 1. The van der Waals surface area contributed by atoms with E-state index < -0.39 is 11.0 Å². The molecule has 10 nitrogen and oxygen atoms in total. The number of hydrogen-bond acceptors (Lipinski definition) is 8. The minimum Gasteiger partial charge on any atom is -0.756 e. The molecular weight excluding hydrogens is 498 g/mol. The van der Waals surface area contributed by atoms with E-state index in [9.17, 15) is 20.1 Å². The minimum atomic E-state index is -0.719. The van der Waals surface area contributed by atoms with Crippen LogP contribution in [0, 0.1) is 15.3 Å². The summed E-state index contributed by atoms with van der Waals surface area (Å²) in [5, 5.41) is 22.2. The molecule has 0 N–H and O–H groups in total. The Morgan fingerprint density at radius 3 is 1.79 bits per heavy atom. The van der Waals surface area contributed by atoms with Crippen molar-refractivity contribution >= 4 is 11.7 Å². The Bertz CT molecular complexity index is 787. The maximum Gasteiger partial charge on any atom is 0.294 e. The number of carbonyl (C=O) groups excluding carboxylic acids is 1. The highest BCUT2D eigenvalue weighted by Gasteiger charge is 2.16. The number of amides is 1. The van der Waals surface area contributed by atoms with Crippen molar-refractivity contribution in [3.63, 3.8) is 0 Å². The molecule has 0 aliphatic carbocycles. The molecule has 1 aromatic rings. The third-order valence-electron chi connectivity index (χ3n) is 7.50. The number of hydroxylamine groups is 2. The first-order valence-corrected chi connectivity index (χ1v) is 15.1. The van der Waals surface area contributed by atoms with Crippen LogP contribution in [-0.2, 0) is 4.84 Å². The average molecular weight is 549 g/mol. The zero-order valence-electron chi connectivity index (χ0n) is 24.1. The Kier molecular flexibility index (Phi) is 17.2. The molecule has 39 heavy (non-hydrogen) atoms. The van der Waals surface area contributed by atoms with Gasteiger partial charge < -0.3 is 24.9 Å². The smallest absolute Gasteiger partial charge is 0.294 e. The van der Waals surface area contributed by atoms with Crippen molar-refractivity contribution in [3.8, 4) is 0 Å². The molecule has 10 heteroatoms. The number of hydrogen-bond donors (Lipinski definition) is 0. The fourth-order valence-corrected chi connectivity index (χ4v) is 4.95. The number of likely N-dealkylation sites (N-methyl/N-ethyl adjacent to an activating group) is 1. The summed E-state index contributed by atoms with van der Waals surface area (Å²) in [6, 6.07) is 3.57. The van der Waals surface area contributed by atoms with Crippen LogP contribution in [0.2, 0.25) is 0 Å². The summed E-state index contributed by atoms with van der Waals surface area (Å²) >= 11 is 0. The van der Waals surface area contributed by atoms with E-state index in [1.165, 1.54) is 70.4 Å². The van der Waals surface area contributed by atoms with Gasteiger partial charge in [0, 0.05) is 38.9 Å². The highest BCUT2D eigenvalue weighted by molar-refractivity contribution is 5.94. The van der Waals surface area contributed by atoms with E-state index in [2.05, 4.69) is 26.7 Å². The van der Waals surface area contributed by atoms with E-state index in [0.29, 0.717) is 10.6 Å². The summed E-state index contributed by atoms with van der Waals surface area (Å²) in [7, 11) is 2.11. The third kappa shape index (κ3) is 15.1. The summed E-state index contributed by atoms with van der Waals surface area (Å²) in [6.45, 7) is 4.29. The maximum absolute atomic E-state index is 12.4. The van der Waals surface area contributed by atoms with Gasteiger partial charge in [-0.2, -0.15) is 0 Å². The lowest BCUT2D eigenvalue weighted by molar-refractivity contribution is -0.757. The Morgan fingerprint density at radius 1 is 0.846 bits per heavy atom. The minimum absolute atomic E-state index is 0.220. The second kappa shape index (κ2) is 20.4. The molecule has 1 aromatic heterocycles. The number of carbonyl (C=O) groups is 1. The first-order chi connectivity index (χ1) is 19.0. The quantitative estimate of drug-likeness (QED) is 0.0952. The van der Waals surface area contributed by atoms with Crippen LogP contribution in [0.4, 0.5) is 5.82 Å². The van der Waals surface area contributed by atoms with Crippen molar-refractivity contribution in [2.75, 3.05) is 51.3 Å². The molecule has 0 spiro atoms. The van der Waals surface area contributed by atoms with Gasteiger partial charge in [-0.25, -0.2) is 4.98 Å². The van der Waals surface area contributed by atoms with E-state index in [0.717, 1.165) is 70.5 Å². The number of pyridine rings is 1. The van der Waals surface area contributed by atoms with Crippen LogP contribution >= 0.6 is 0 Å². The molecule has 0 unspecified atom stereocenters. The van der Waals surface area contributed by atoms with Crippen LogP contribution in [0.1, 0.15) is 113 Å². The molecule has 1 fully saturated rings. The first kappa shape index (κ1) is 32.8. The van der Waals surface area contributed by atoms with Crippen molar-refractivity contribution in [1.29, 1.82) is 0 Å². The number of piperazine rings is 1. The fraction of sp³-hybridized carbons (Fsp3) is 0.793. The van der Waals surface area contributed by atoms with Crippen molar-refractivity contribution in [2.24, 2.45) is 0 Å². The SMILES string of the molecule is CN1CCN(c2ccc(C(=O)N([O-])CCCCCCCCCCCCCCCCCCO[N+](=O)[O-])cn2)CC1. The normalized spacial score (nSPS) is 13.9. The van der Waals surface area contributed by atoms with E-state index in [1.807, 2.05) is 6.07 Å². The van der Waals surface area contributed by atoms with Gasteiger partial charge in [0.1, 0.15) is 5.82 Å². The summed E-state index contributed by atoms with van der Waals surface area (Å²) in [5.74, 6) is 0.370. The van der Waals surface area contributed by atoms with E-state index in [4.69, 9.17) is 0 Å². The molecule has 2 rings (SSSR count). The number of unbranched alkanes of at least 4 members (excludes halogenated alkanes) is 15. The van der Waals surface area contributed by atoms with Crippen LogP contribution < -0.4 is 4.90 Å². The van der Waals surface area contributed by atoms with E-state index >= 15 is 0 Å². The monoisotopic (exact) mass is 548 g/mol. The number of rotatable bonds is 22.